The van der Waals surface area contributed by atoms with Crippen LogP contribution in [-0.4, -0.2) is 119 Å². The molecule has 0 fully saturated rings. The first kappa shape index (κ1) is 86.1. The van der Waals surface area contributed by atoms with Crippen LogP contribution in [0.2, 0.25) is 0 Å². The summed E-state index contributed by atoms with van der Waals surface area (Å²) in [7, 11) is 0. The number of halogens is 36. The van der Waals surface area contributed by atoms with Gasteiger partial charge in [0.2, 0.25) is 0 Å². The van der Waals surface area contributed by atoms with Crippen LogP contribution >= 0.6 is 0 Å². The molecule has 9 aromatic rings. The van der Waals surface area contributed by atoms with Gasteiger partial charge in [0.05, 0.1) is 113 Å². The Morgan fingerprint density at radius 3 is 0.832 bits per heavy atom. The average Bonchev–Trinajstić information content (AvgIpc) is 1.59. The Morgan fingerprint density at radius 1 is 0.274 bits per heavy atom. The molecule has 0 spiro atoms. The van der Waals surface area contributed by atoms with Gasteiger partial charge in [0.15, 0.2) is 0 Å². The predicted octanol–water partition coefficient (Wildman–Crippen LogP) is 20.7. The molecule has 6 heterocycles. The summed E-state index contributed by atoms with van der Waals surface area (Å²) in [5, 5.41) is 1.54. The summed E-state index contributed by atoms with van der Waals surface area (Å²) in [5.41, 5.74) is -44.8. The molecule has 0 atom stereocenters. The maximum Gasteiger partial charge on any atom is 2.00 e. The summed E-state index contributed by atoms with van der Waals surface area (Å²) >= 11 is 0. The normalized spacial score (nSPS) is 13.9. The molecule has 0 unspecified atom stereocenters. The van der Waals surface area contributed by atoms with Crippen LogP contribution in [0.25, 0.3) is 101 Å². The van der Waals surface area contributed by atoms with Gasteiger partial charge >= 0.3 is 93.6 Å². The molecule has 113 heavy (non-hydrogen) atoms. The third kappa shape index (κ3) is 20.6. The SMILES string of the molecule is FC(F)(F)Cc1c(CC(F)(F)F)c(CC(F)(F)F)c2c(c1CC(F)(F)F)-c1nc-2nc2[n-]c(nc3nc(nc4[n-]c(n1)c1ccc(-c5cn(Cc6ccccc6)nn5)cc41)-c1c(CC(F)(F)F)c(CC(F)(F)F)c(CC(F)(F)F)c(CC(F)(F)F)c1-3)c1c(CC(F)(F)F)c(CC(F)(F)F)c(CC(F)(F)F)c(CC(F)(F)F)c21.[Zn+2]. The molecule has 8 bridgehead atoms. The van der Waals surface area contributed by atoms with Crippen molar-refractivity contribution in [2.75, 3.05) is 0 Å². The van der Waals surface area contributed by atoms with Crippen LogP contribution in [0.1, 0.15) is 72.3 Å². The van der Waals surface area contributed by atoms with Crippen LogP contribution in [0.5, 0.6) is 0 Å². The van der Waals surface area contributed by atoms with Crippen LogP contribution in [0.3, 0.4) is 0 Å². The summed E-state index contributed by atoms with van der Waals surface area (Å²) in [4.78, 5) is 29.9. The van der Waals surface area contributed by atoms with Crippen molar-refractivity contribution in [1.29, 1.82) is 0 Å². The number of hydrogen-bond donors (Lipinski definition) is 0. The van der Waals surface area contributed by atoms with Gasteiger partial charge in [-0.05, 0) is 99.9 Å². The molecule has 0 saturated heterocycles. The van der Waals surface area contributed by atoms with E-state index in [9.17, 15) is 26.3 Å². The molecule has 4 aromatic heterocycles. The minimum absolute atomic E-state index is 0. The van der Waals surface area contributed by atoms with Gasteiger partial charge in [0, 0.05) is 50.4 Å². The number of fused-ring (bicyclic) bond motifs is 20. The van der Waals surface area contributed by atoms with E-state index in [1.165, 1.54) is 0 Å². The third-order valence-corrected chi connectivity index (χ3v) is 16.9. The Morgan fingerprint density at radius 2 is 0.531 bits per heavy atom. The molecule has 2 aliphatic rings. The van der Waals surface area contributed by atoms with E-state index in [1.807, 2.05) is 0 Å². The molecule has 11 nitrogen and oxygen atoms in total. The molecule has 0 radical (unpaired) electrons. The van der Waals surface area contributed by atoms with Gasteiger partial charge in [0.1, 0.15) is 5.69 Å². The van der Waals surface area contributed by atoms with E-state index in [0.717, 1.165) is 29.1 Å². The van der Waals surface area contributed by atoms with Gasteiger partial charge in [-0.25, -0.2) is 14.6 Å². The molecular weight excluding hydrogens is 1680 g/mol. The summed E-state index contributed by atoms with van der Waals surface area (Å²) in [5.74, 6) is -8.28. The molecule has 0 saturated carbocycles. The Labute approximate surface area is 616 Å². The van der Waals surface area contributed by atoms with E-state index in [0.29, 0.717) is 5.56 Å². The number of aromatic nitrogens is 11. The van der Waals surface area contributed by atoms with Gasteiger partial charge in [-0.3, -0.25) is 0 Å². The first-order valence-corrected chi connectivity index (χ1v) is 31.1. The minimum atomic E-state index is -6.32. The zero-order valence-electron chi connectivity index (χ0n) is 55.1. The molecule has 2 aliphatic heterocycles. The summed E-state index contributed by atoms with van der Waals surface area (Å²) < 4.78 is 547. The van der Waals surface area contributed by atoms with Crippen molar-refractivity contribution < 1.29 is 178 Å². The molecule has 11 rings (SSSR count). The van der Waals surface area contributed by atoms with Crippen molar-refractivity contribution in [2.24, 2.45) is 0 Å². The number of alkyl halides is 36. The van der Waals surface area contributed by atoms with E-state index in [4.69, 9.17) is 0 Å². The zero-order valence-corrected chi connectivity index (χ0v) is 58.1. The van der Waals surface area contributed by atoms with Crippen LogP contribution in [0.15, 0.2) is 54.7 Å². The second-order valence-corrected chi connectivity index (χ2v) is 25.5. The van der Waals surface area contributed by atoms with Gasteiger partial charge < -0.3 is 29.9 Å². The van der Waals surface area contributed by atoms with Gasteiger partial charge in [-0.1, -0.05) is 47.7 Å². The number of rotatable bonds is 15. The summed E-state index contributed by atoms with van der Waals surface area (Å²) in [6.07, 6.45) is -112. The molecule has 0 amide bonds. The van der Waals surface area contributed by atoms with Gasteiger partial charge in [-0.2, -0.15) is 158 Å². The standard InChI is InChI=1S/C65H35F36N11.Zn/c66-54(67,68)9-27-29(11-56(72,73)74)35(17-62(90,91)92)42-40(33(27)15-60(84,85)86)48-103-46-25-7-6-24(39-22-112(111-110-39)21-23-4-2-1-3-5-23)8-26(25)47(102-46)104-49-41-34(16-61(87,88)89)28(10-55(69,70)71)30(12-57(75,76)77)36(18-63(93,94)95)43(41)51(106-49)108-53-45-38(20-65(99,100)101)32(14-59(81,82)83)31(13-58(78,79)80)37(19-64(96,97)98)44(45)52(109-53)107-50(42)105-48;/h1-8,22H,9-21H2;/q-2;+2. The molecule has 48 heteroatoms. The van der Waals surface area contributed by atoms with Crippen molar-refractivity contribution in [2.45, 2.75) is 158 Å². The van der Waals surface area contributed by atoms with Crippen LogP contribution in [0, 0.1) is 0 Å². The molecular formula is C65H35F36N11Zn. The average molecular weight is 1720 g/mol. The maximum atomic E-state index is 15.4. The Balaban J connectivity index is 0.0000135. The second-order valence-electron chi connectivity index (χ2n) is 25.5. The van der Waals surface area contributed by atoms with Gasteiger partial charge in [0.25, 0.3) is 0 Å². The Kier molecular flexibility index (Phi) is 22.3. The van der Waals surface area contributed by atoms with Crippen molar-refractivity contribution >= 4 is 44.1 Å². The van der Waals surface area contributed by atoms with E-state index in [2.05, 4.69) is 50.2 Å². The smallest absolute Gasteiger partial charge is 0.357 e. The van der Waals surface area contributed by atoms with Crippen LogP contribution in [-0.2, 0) is 103 Å². The zero-order chi connectivity index (χ0) is 83.1. The van der Waals surface area contributed by atoms with Crippen LogP contribution < -0.4 is 9.97 Å². The number of hydrogen-bond acceptors (Lipinski definition) is 8. The van der Waals surface area contributed by atoms with Crippen molar-refractivity contribution in [3.05, 3.63) is 127 Å². The van der Waals surface area contributed by atoms with E-state index in [1.54, 1.807) is 30.3 Å². The molecule has 5 aromatic carbocycles. The first-order chi connectivity index (χ1) is 50.9. The second kappa shape index (κ2) is 29.2. The van der Waals surface area contributed by atoms with E-state index >= 15 is 132 Å². The first-order valence-electron chi connectivity index (χ1n) is 31.1. The monoisotopic (exact) mass is 1720 g/mol. The minimum Gasteiger partial charge on any atom is -0.357 e. The molecule has 0 aliphatic carbocycles. The van der Waals surface area contributed by atoms with Crippen molar-refractivity contribution in [3.63, 3.8) is 0 Å². The fourth-order valence-corrected chi connectivity index (χ4v) is 13.5. The fraction of sp³-hybridized carbons (Fsp3) is 0.385. The largest absolute Gasteiger partial charge is 2.00 e. The molecule has 604 valence electrons. The van der Waals surface area contributed by atoms with Crippen LogP contribution in [0.4, 0.5) is 158 Å². The van der Waals surface area contributed by atoms with Crippen molar-refractivity contribution in [1.82, 2.24) is 54.9 Å². The molecule has 0 N–H and O–H groups in total. The van der Waals surface area contributed by atoms with E-state index < -0.39 is 308 Å². The van der Waals surface area contributed by atoms with Crippen molar-refractivity contribution in [3.8, 4) is 56.8 Å². The number of benzene rings is 5. The maximum absolute atomic E-state index is 15.4. The summed E-state index contributed by atoms with van der Waals surface area (Å²) in [6.45, 7) is -0.125. The Bertz CT molecular complexity index is 5330. The summed E-state index contributed by atoms with van der Waals surface area (Å²) in [6, 6.07) is 10.3. The predicted molar refractivity (Wildman–Crippen MR) is 316 cm³/mol. The van der Waals surface area contributed by atoms with E-state index in [-0.39, 0.29) is 37.3 Å². The van der Waals surface area contributed by atoms with Gasteiger partial charge in [-0.15, -0.1) is 5.10 Å². The third-order valence-electron chi connectivity index (χ3n) is 16.9. The topological polar surface area (TPSA) is 136 Å². The fourth-order valence-electron chi connectivity index (χ4n) is 13.5. The number of nitrogens with zero attached hydrogens (tertiary/aromatic N) is 11. The Hall–Kier alpha value is -9.30. The quantitative estimate of drug-likeness (QED) is 0.0721.